The van der Waals surface area contributed by atoms with Crippen molar-refractivity contribution >= 4 is 23.6 Å². The molecule has 2 amide bonds. The second kappa shape index (κ2) is 7.34. The highest BCUT2D eigenvalue weighted by Gasteiger charge is 2.47. The standard InChI is InChI=1S/C15H28N2O2S/c1-6-11(3)12-13(18)16-15(4,7-2)14(19)17(12)9-8-10-20-5/h11-12H,6-10H2,1-5H3,(H,16,18). The van der Waals surface area contributed by atoms with Crippen molar-refractivity contribution in [3.63, 3.8) is 0 Å². The van der Waals surface area contributed by atoms with E-state index in [0.29, 0.717) is 13.0 Å². The molecular weight excluding hydrogens is 272 g/mol. The molecule has 1 aliphatic rings. The van der Waals surface area contributed by atoms with Gasteiger partial charge in [0.1, 0.15) is 11.6 Å². The maximum Gasteiger partial charge on any atom is 0.248 e. The molecule has 5 heteroatoms. The van der Waals surface area contributed by atoms with E-state index in [-0.39, 0.29) is 23.8 Å². The summed E-state index contributed by atoms with van der Waals surface area (Å²) in [6.45, 7) is 8.57. The molecule has 1 N–H and O–H groups in total. The lowest BCUT2D eigenvalue weighted by Gasteiger charge is -2.46. The lowest BCUT2D eigenvalue weighted by atomic mass is 9.87. The van der Waals surface area contributed by atoms with Crippen molar-refractivity contribution in [3.05, 3.63) is 0 Å². The fourth-order valence-corrected chi connectivity index (χ4v) is 3.05. The van der Waals surface area contributed by atoms with Gasteiger partial charge in [-0.05, 0) is 37.7 Å². The Balaban J connectivity index is 2.97. The molecule has 0 aromatic carbocycles. The Morgan fingerprint density at radius 1 is 1.40 bits per heavy atom. The Kier molecular flexibility index (Phi) is 6.37. The Morgan fingerprint density at radius 2 is 2.05 bits per heavy atom. The van der Waals surface area contributed by atoms with Crippen molar-refractivity contribution < 1.29 is 9.59 Å². The average molecular weight is 300 g/mol. The fourth-order valence-electron chi connectivity index (χ4n) is 2.63. The Morgan fingerprint density at radius 3 is 2.55 bits per heavy atom. The number of nitrogens with zero attached hydrogens (tertiary/aromatic N) is 1. The topological polar surface area (TPSA) is 49.4 Å². The van der Waals surface area contributed by atoms with Crippen LogP contribution in [0.4, 0.5) is 0 Å². The molecule has 3 unspecified atom stereocenters. The van der Waals surface area contributed by atoms with Gasteiger partial charge in [-0.1, -0.05) is 27.2 Å². The van der Waals surface area contributed by atoms with Crippen LogP contribution in [0.3, 0.4) is 0 Å². The van der Waals surface area contributed by atoms with Crippen LogP contribution in [-0.2, 0) is 9.59 Å². The number of piperazine rings is 1. The minimum Gasteiger partial charge on any atom is -0.340 e. The molecular formula is C15H28N2O2S. The van der Waals surface area contributed by atoms with Gasteiger partial charge in [0, 0.05) is 6.54 Å². The van der Waals surface area contributed by atoms with Crippen LogP contribution in [0.2, 0.25) is 0 Å². The number of carbonyl (C=O) groups excluding carboxylic acids is 2. The van der Waals surface area contributed by atoms with Crippen LogP contribution in [0.25, 0.3) is 0 Å². The number of nitrogens with one attached hydrogen (secondary N) is 1. The molecule has 116 valence electrons. The Hall–Kier alpha value is -0.710. The van der Waals surface area contributed by atoms with Crippen molar-refractivity contribution in [2.24, 2.45) is 5.92 Å². The third-order valence-electron chi connectivity index (χ3n) is 4.37. The van der Waals surface area contributed by atoms with E-state index in [2.05, 4.69) is 18.5 Å². The van der Waals surface area contributed by atoms with E-state index in [1.54, 1.807) is 11.8 Å². The van der Waals surface area contributed by atoms with Crippen LogP contribution in [0.5, 0.6) is 0 Å². The van der Waals surface area contributed by atoms with Gasteiger partial charge in [0.25, 0.3) is 0 Å². The number of carbonyl (C=O) groups is 2. The maximum absolute atomic E-state index is 12.8. The van der Waals surface area contributed by atoms with Gasteiger partial charge in [-0.2, -0.15) is 11.8 Å². The first-order chi connectivity index (χ1) is 9.41. The minimum atomic E-state index is -0.736. The monoisotopic (exact) mass is 300 g/mol. The van der Waals surface area contributed by atoms with Crippen molar-refractivity contribution in [3.8, 4) is 0 Å². The first-order valence-electron chi connectivity index (χ1n) is 7.53. The average Bonchev–Trinajstić information content (AvgIpc) is 2.43. The van der Waals surface area contributed by atoms with E-state index >= 15 is 0 Å². The lowest BCUT2D eigenvalue weighted by molar-refractivity contribution is -0.156. The predicted octanol–water partition coefficient (Wildman–Crippen LogP) is 2.28. The SMILES string of the molecule is CCC(C)C1C(=O)NC(C)(CC)C(=O)N1CCCSC. The van der Waals surface area contributed by atoms with E-state index in [4.69, 9.17) is 0 Å². The molecule has 0 aromatic rings. The summed E-state index contributed by atoms with van der Waals surface area (Å²) < 4.78 is 0. The second-order valence-corrected chi connectivity index (χ2v) is 6.84. The summed E-state index contributed by atoms with van der Waals surface area (Å²) in [6.07, 6.45) is 4.52. The van der Waals surface area contributed by atoms with Crippen LogP contribution in [0.15, 0.2) is 0 Å². The second-order valence-electron chi connectivity index (χ2n) is 5.85. The number of rotatable bonds is 7. The zero-order chi connectivity index (χ0) is 15.3. The van der Waals surface area contributed by atoms with Gasteiger partial charge in [-0.15, -0.1) is 0 Å². The van der Waals surface area contributed by atoms with Crippen LogP contribution in [0.1, 0.15) is 47.0 Å². The van der Waals surface area contributed by atoms with Gasteiger partial charge in [0.05, 0.1) is 0 Å². The van der Waals surface area contributed by atoms with Crippen LogP contribution in [0, 0.1) is 5.92 Å². The van der Waals surface area contributed by atoms with E-state index in [1.165, 1.54) is 0 Å². The quantitative estimate of drug-likeness (QED) is 0.734. The Bertz CT molecular complexity index is 362. The van der Waals surface area contributed by atoms with Gasteiger partial charge in [0.2, 0.25) is 11.8 Å². The summed E-state index contributed by atoms with van der Waals surface area (Å²) >= 11 is 1.77. The summed E-state index contributed by atoms with van der Waals surface area (Å²) in [5.74, 6) is 1.29. The van der Waals surface area contributed by atoms with Crippen LogP contribution >= 0.6 is 11.8 Å². The molecule has 1 rings (SSSR count). The summed E-state index contributed by atoms with van der Waals surface area (Å²) in [6, 6.07) is -0.311. The Labute approximate surface area is 127 Å². The molecule has 1 heterocycles. The molecule has 0 aromatic heterocycles. The van der Waals surface area contributed by atoms with Gasteiger partial charge >= 0.3 is 0 Å². The largest absolute Gasteiger partial charge is 0.340 e. The van der Waals surface area contributed by atoms with Gasteiger partial charge in [0.15, 0.2) is 0 Å². The van der Waals surface area contributed by atoms with E-state index in [1.807, 2.05) is 25.7 Å². The van der Waals surface area contributed by atoms with Gasteiger partial charge in [-0.3, -0.25) is 9.59 Å². The first kappa shape index (κ1) is 17.3. The smallest absolute Gasteiger partial charge is 0.248 e. The minimum absolute atomic E-state index is 0.00690. The highest BCUT2D eigenvalue weighted by Crippen LogP contribution is 2.26. The zero-order valence-corrected chi connectivity index (χ0v) is 14.2. The molecule has 1 aliphatic heterocycles. The molecule has 1 saturated heterocycles. The third kappa shape index (κ3) is 3.48. The molecule has 0 spiro atoms. The molecule has 3 atom stereocenters. The number of hydrogen-bond acceptors (Lipinski definition) is 3. The molecule has 20 heavy (non-hydrogen) atoms. The van der Waals surface area contributed by atoms with Crippen LogP contribution in [-0.4, -0.2) is 46.8 Å². The fraction of sp³-hybridized carbons (Fsp3) is 0.867. The van der Waals surface area contributed by atoms with Crippen LogP contribution < -0.4 is 5.32 Å². The molecule has 4 nitrogen and oxygen atoms in total. The number of thioether (sulfide) groups is 1. The highest BCUT2D eigenvalue weighted by atomic mass is 32.2. The summed E-state index contributed by atoms with van der Waals surface area (Å²) in [5, 5.41) is 2.94. The zero-order valence-electron chi connectivity index (χ0n) is 13.4. The molecule has 0 aliphatic carbocycles. The summed E-state index contributed by atoms with van der Waals surface area (Å²) in [5.41, 5.74) is -0.736. The van der Waals surface area contributed by atoms with Gasteiger partial charge in [-0.25, -0.2) is 0 Å². The maximum atomic E-state index is 12.8. The van der Waals surface area contributed by atoms with E-state index < -0.39 is 5.54 Å². The van der Waals surface area contributed by atoms with Crippen molar-refractivity contribution in [1.29, 1.82) is 0 Å². The number of hydrogen-bond donors (Lipinski definition) is 1. The predicted molar refractivity (Wildman–Crippen MR) is 84.8 cm³/mol. The lowest BCUT2D eigenvalue weighted by Crippen LogP contribution is -2.70. The molecule has 0 bridgehead atoms. The molecule has 1 fully saturated rings. The van der Waals surface area contributed by atoms with Crippen molar-refractivity contribution in [2.75, 3.05) is 18.6 Å². The first-order valence-corrected chi connectivity index (χ1v) is 8.92. The van der Waals surface area contributed by atoms with Gasteiger partial charge < -0.3 is 10.2 Å². The molecule has 0 radical (unpaired) electrons. The van der Waals surface area contributed by atoms with Crippen molar-refractivity contribution in [1.82, 2.24) is 10.2 Å². The van der Waals surface area contributed by atoms with E-state index in [9.17, 15) is 9.59 Å². The summed E-state index contributed by atoms with van der Waals surface area (Å²) in [4.78, 5) is 27.0. The summed E-state index contributed by atoms with van der Waals surface area (Å²) in [7, 11) is 0. The number of amides is 2. The third-order valence-corrected chi connectivity index (χ3v) is 5.07. The normalized spacial score (nSPS) is 28.4. The highest BCUT2D eigenvalue weighted by molar-refractivity contribution is 7.98. The van der Waals surface area contributed by atoms with Crippen molar-refractivity contribution in [2.45, 2.75) is 58.5 Å². The molecule has 0 saturated carbocycles. The van der Waals surface area contributed by atoms with E-state index in [0.717, 1.165) is 18.6 Å².